The highest BCUT2D eigenvalue weighted by molar-refractivity contribution is 5.85. The van der Waals surface area contributed by atoms with E-state index >= 15 is 0 Å². The van der Waals surface area contributed by atoms with Crippen molar-refractivity contribution in [3.63, 3.8) is 0 Å². The molecule has 1 fully saturated rings. The molecule has 0 radical (unpaired) electrons. The van der Waals surface area contributed by atoms with E-state index in [1.165, 1.54) is 0 Å². The third-order valence-electron chi connectivity index (χ3n) is 1.94. The van der Waals surface area contributed by atoms with E-state index in [1.807, 2.05) is 18.2 Å². The monoisotopic (exact) mass is 200 g/mol. The Labute approximate surface area is 83.9 Å². The molecule has 13 heavy (non-hydrogen) atoms. The highest BCUT2D eigenvalue weighted by Gasteiger charge is 2.15. The summed E-state index contributed by atoms with van der Waals surface area (Å²) in [6, 6.07) is 5.71. The van der Waals surface area contributed by atoms with Crippen LogP contribution in [0.25, 0.3) is 0 Å². The summed E-state index contributed by atoms with van der Waals surface area (Å²) in [7, 11) is 0. The molecule has 0 aromatic carbocycles. The van der Waals surface area contributed by atoms with Crippen LogP contribution in [0.5, 0.6) is 5.88 Å². The molecular weight excluding hydrogens is 188 g/mol. The Hall–Kier alpha value is -0.800. The van der Waals surface area contributed by atoms with Gasteiger partial charge in [-0.3, -0.25) is 0 Å². The van der Waals surface area contributed by atoms with Gasteiger partial charge in [-0.05, 0) is 19.0 Å². The molecule has 1 aliphatic heterocycles. The molecular formula is C9H13ClN2O. The van der Waals surface area contributed by atoms with E-state index in [9.17, 15) is 0 Å². The first-order chi connectivity index (χ1) is 5.95. The lowest BCUT2D eigenvalue weighted by atomic mass is 10.3. The van der Waals surface area contributed by atoms with Crippen LogP contribution < -0.4 is 10.1 Å². The summed E-state index contributed by atoms with van der Waals surface area (Å²) in [5, 5.41) is 3.24. The lowest BCUT2D eigenvalue weighted by molar-refractivity contribution is 0.214. The maximum absolute atomic E-state index is 5.60. The van der Waals surface area contributed by atoms with Crippen LogP contribution in [0.15, 0.2) is 24.4 Å². The van der Waals surface area contributed by atoms with E-state index in [2.05, 4.69) is 10.3 Å². The molecule has 1 N–H and O–H groups in total. The molecule has 1 aromatic heterocycles. The summed E-state index contributed by atoms with van der Waals surface area (Å²) < 4.78 is 5.60. The zero-order chi connectivity index (χ0) is 8.23. The van der Waals surface area contributed by atoms with Crippen LogP contribution in [0.1, 0.15) is 6.42 Å². The smallest absolute Gasteiger partial charge is 0.213 e. The number of nitrogens with zero attached hydrogens (tertiary/aromatic N) is 1. The SMILES string of the molecule is Cl.c1ccc(O[C@@H]2CCNC2)nc1. The van der Waals surface area contributed by atoms with Crippen molar-refractivity contribution in [3.05, 3.63) is 24.4 Å². The normalized spacial score (nSPS) is 20.8. The molecule has 4 heteroatoms. The van der Waals surface area contributed by atoms with Gasteiger partial charge < -0.3 is 10.1 Å². The van der Waals surface area contributed by atoms with Gasteiger partial charge in [0.1, 0.15) is 6.10 Å². The van der Waals surface area contributed by atoms with Crippen LogP contribution in [0.2, 0.25) is 0 Å². The summed E-state index contributed by atoms with van der Waals surface area (Å²) in [5.41, 5.74) is 0. The van der Waals surface area contributed by atoms with Crippen molar-refractivity contribution < 1.29 is 4.74 Å². The fourth-order valence-electron chi connectivity index (χ4n) is 1.32. The van der Waals surface area contributed by atoms with Crippen molar-refractivity contribution in [1.29, 1.82) is 0 Å². The van der Waals surface area contributed by atoms with Crippen molar-refractivity contribution in [3.8, 4) is 5.88 Å². The number of hydrogen-bond acceptors (Lipinski definition) is 3. The minimum Gasteiger partial charge on any atom is -0.473 e. The molecule has 0 saturated carbocycles. The van der Waals surface area contributed by atoms with Gasteiger partial charge in [0.2, 0.25) is 5.88 Å². The molecule has 0 unspecified atom stereocenters. The number of halogens is 1. The lowest BCUT2D eigenvalue weighted by Gasteiger charge is -2.10. The van der Waals surface area contributed by atoms with Crippen LogP contribution in [0.3, 0.4) is 0 Å². The van der Waals surface area contributed by atoms with Crippen molar-refractivity contribution >= 4 is 12.4 Å². The van der Waals surface area contributed by atoms with Gasteiger partial charge in [-0.1, -0.05) is 6.07 Å². The van der Waals surface area contributed by atoms with Gasteiger partial charge in [0.05, 0.1) is 0 Å². The summed E-state index contributed by atoms with van der Waals surface area (Å²) in [5.74, 6) is 0.728. The second-order valence-corrected chi connectivity index (χ2v) is 2.90. The Bertz CT molecular complexity index is 237. The minimum atomic E-state index is 0. The van der Waals surface area contributed by atoms with Gasteiger partial charge in [-0.15, -0.1) is 12.4 Å². The Morgan fingerprint density at radius 3 is 3.00 bits per heavy atom. The second-order valence-electron chi connectivity index (χ2n) is 2.90. The van der Waals surface area contributed by atoms with E-state index in [-0.39, 0.29) is 12.4 Å². The first kappa shape index (κ1) is 10.3. The Kier molecular flexibility index (Phi) is 3.99. The van der Waals surface area contributed by atoms with Crippen molar-refractivity contribution in [2.45, 2.75) is 12.5 Å². The van der Waals surface area contributed by atoms with Crippen molar-refractivity contribution in [1.82, 2.24) is 10.3 Å². The molecule has 1 saturated heterocycles. The number of hydrogen-bond donors (Lipinski definition) is 1. The quantitative estimate of drug-likeness (QED) is 0.780. The third kappa shape index (κ3) is 2.86. The summed E-state index contributed by atoms with van der Waals surface area (Å²) >= 11 is 0. The average Bonchev–Trinajstić information content (AvgIpc) is 2.59. The predicted octanol–water partition coefficient (Wildman–Crippen LogP) is 1.24. The zero-order valence-corrected chi connectivity index (χ0v) is 8.09. The molecule has 0 spiro atoms. The molecule has 0 aliphatic carbocycles. The number of aromatic nitrogens is 1. The first-order valence-corrected chi connectivity index (χ1v) is 4.23. The van der Waals surface area contributed by atoms with Gasteiger partial charge in [-0.2, -0.15) is 0 Å². The van der Waals surface area contributed by atoms with Gasteiger partial charge in [0.15, 0.2) is 0 Å². The number of pyridine rings is 1. The van der Waals surface area contributed by atoms with E-state index < -0.39 is 0 Å². The molecule has 3 nitrogen and oxygen atoms in total. The van der Waals surface area contributed by atoms with E-state index in [0.717, 1.165) is 25.4 Å². The van der Waals surface area contributed by atoms with Crippen LogP contribution >= 0.6 is 12.4 Å². The fourth-order valence-corrected chi connectivity index (χ4v) is 1.32. The first-order valence-electron chi connectivity index (χ1n) is 4.23. The Morgan fingerprint density at radius 1 is 1.46 bits per heavy atom. The average molecular weight is 201 g/mol. The third-order valence-corrected chi connectivity index (χ3v) is 1.94. The van der Waals surface area contributed by atoms with E-state index in [0.29, 0.717) is 6.10 Å². The van der Waals surface area contributed by atoms with Gasteiger partial charge >= 0.3 is 0 Å². The second kappa shape index (κ2) is 5.04. The maximum Gasteiger partial charge on any atom is 0.213 e. The number of rotatable bonds is 2. The van der Waals surface area contributed by atoms with Crippen molar-refractivity contribution in [2.75, 3.05) is 13.1 Å². The topological polar surface area (TPSA) is 34.1 Å². The van der Waals surface area contributed by atoms with Gasteiger partial charge in [0, 0.05) is 18.8 Å². The summed E-state index contributed by atoms with van der Waals surface area (Å²) in [6.45, 7) is 1.99. The van der Waals surface area contributed by atoms with Gasteiger partial charge in [-0.25, -0.2) is 4.98 Å². The Balaban J connectivity index is 0.000000845. The standard InChI is InChI=1S/C9H12N2O.ClH/c1-2-5-11-9(3-1)12-8-4-6-10-7-8;/h1-3,5,8,10H,4,6-7H2;1H/t8-;/m1./s1. The number of nitrogens with one attached hydrogen (secondary N) is 1. The fraction of sp³-hybridized carbons (Fsp3) is 0.444. The Morgan fingerprint density at radius 2 is 2.38 bits per heavy atom. The summed E-state index contributed by atoms with van der Waals surface area (Å²) in [4.78, 5) is 4.09. The largest absolute Gasteiger partial charge is 0.473 e. The molecule has 0 amide bonds. The zero-order valence-electron chi connectivity index (χ0n) is 7.27. The predicted molar refractivity (Wildman–Crippen MR) is 53.4 cm³/mol. The minimum absolute atomic E-state index is 0. The van der Waals surface area contributed by atoms with E-state index in [4.69, 9.17) is 4.74 Å². The molecule has 1 aromatic rings. The van der Waals surface area contributed by atoms with Crippen LogP contribution in [-0.4, -0.2) is 24.2 Å². The highest BCUT2D eigenvalue weighted by Crippen LogP contribution is 2.10. The summed E-state index contributed by atoms with van der Waals surface area (Å²) in [6.07, 6.45) is 3.13. The van der Waals surface area contributed by atoms with Crippen LogP contribution in [0.4, 0.5) is 0 Å². The molecule has 0 bridgehead atoms. The van der Waals surface area contributed by atoms with Crippen LogP contribution in [-0.2, 0) is 0 Å². The molecule has 1 aliphatic rings. The molecule has 2 rings (SSSR count). The molecule has 2 heterocycles. The molecule has 1 atom stereocenters. The maximum atomic E-state index is 5.60. The van der Waals surface area contributed by atoms with Crippen LogP contribution in [0, 0.1) is 0 Å². The highest BCUT2D eigenvalue weighted by atomic mass is 35.5. The van der Waals surface area contributed by atoms with E-state index in [1.54, 1.807) is 6.20 Å². The van der Waals surface area contributed by atoms with Gasteiger partial charge in [0.25, 0.3) is 0 Å². The van der Waals surface area contributed by atoms with Crippen molar-refractivity contribution in [2.24, 2.45) is 0 Å². The molecule has 72 valence electrons. The number of ether oxygens (including phenoxy) is 1. The lowest BCUT2D eigenvalue weighted by Crippen LogP contribution is -2.19.